The lowest BCUT2D eigenvalue weighted by Gasteiger charge is -2.08. The first-order chi connectivity index (χ1) is 13.9. The minimum atomic E-state index is -0.801. The average molecular weight is 418 g/mol. The van der Waals surface area contributed by atoms with Crippen LogP contribution in [0, 0.1) is 23.3 Å². The van der Waals surface area contributed by atoms with Crippen LogP contribution in [0.25, 0.3) is 22.4 Å². The van der Waals surface area contributed by atoms with Gasteiger partial charge in [0.1, 0.15) is 17.5 Å². The molecular formula is C20H14F4N4S. The molecule has 0 saturated heterocycles. The number of thiol groups is 1. The molecule has 3 N–H and O–H groups in total. The van der Waals surface area contributed by atoms with Gasteiger partial charge in [0, 0.05) is 22.9 Å². The Morgan fingerprint density at radius 2 is 1.59 bits per heavy atom. The van der Waals surface area contributed by atoms with E-state index in [2.05, 4.69) is 27.8 Å². The molecule has 4 nitrogen and oxygen atoms in total. The molecule has 0 atom stereocenters. The molecule has 9 heteroatoms. The van der Waals surface area contributed by atoms with E-state index in [1.54, 1.807) is 24.5 Å². The highest BCUT2D eigenvalue weighted by Gasteiger charge is 2.19. The van der Waals surface area contributed by atoms with Crippen molar-refractivity contribution in [3.05, 3.63) is 84.3 Å². The van der Waals surface area contributed by atoms with E-state index in [4.69, 9.17) is 5.73 Å². The molecule has 0 spiro atoms. The van der Waals surface area contributed by atoms with Crippen LogP contribution >= 0.6 is 12.6 Å². The Balaban J connectivity index is 0.000000224. The standard InChI is InChI=1S/C14H10F2N4.C6H4F2S/c15-10-1-2-11(17)13(16)12(10)14-9(7-19-20-14)8-3-5-18-6-4-8;7-4-1-2-5(8)6(9)3-4/h1-7H,17H2,(H,19,20);1-3,9H. The van der Waals surface area contributed by atoms with E-state index in [-0.39, 0.29) is 21.8 Å². The first kappa shape index (κ1) is 20.4. The molecule has 0 bridgehead atoms. The van der Waals surface area contributed by atoms with Crippen molar-refractivity contribution in [2.45, 2.75) is 4.90 Å². The normalized spacial score (nSPS) is 10.4. The lowest BCUT2D eigenvalue weighted by Crippen LogP contribution is -1.98. The highest BCUT2D eigenvalue weighted by atomic mass is 32.1. The summed E-state index contributed by atoms with van der Waals surface area (Å²) < 4.78 is 52.4. The summed E-state index contributed by atoms with van der Waals surface area (Å²) in [7, 11) is 0. The number of nitrogens with two attached hydrogens (primary N) is 1. The third kappa shape index (κ3) is 4.57. The zero-order valence-electron chi connectivity index (χ0n) is 14.7. The summed E-state index contributed by atoms with van der Waals surface area (Å²) in [5.41, 5.74) is 6.75. The second kappa shape index (κ2) is 8.78. The number of aromatic amines is 1. The molecule has 2 aromatic carbocycles. The van der Waals surface area contributed by atoms with Crippen molar-refractivity contribution in [2.24, 2.45) is 0 Å². The van der Waals surface area contributed by atoms with Crippen LogP contribution in [0.2, 0.25) is 0 Å². The van der Waals surface area contributed by atoms with Crippen LogP contribution in [0.3, 0.4) is 0 Å². The van der Waals surface area contributed by atoms with Gasteiger partial charge in [-0.05, 0) is 48.0 Å². The maximum atomic E-state index is 14.1. The van der Waals surface area contributed by atoms with Gasteiger partial charge in [-0.25, -0.2) is 17.6 Å². The lowest BCUT2D eigenvalue weighted by molar-refractivity contribution is 0.578. The van der Waals surface area contributed by atoms with E-state index in [0.717, 1.165) is 29.8 Å². The Labute approximate surface area is 168 Å². The fourth-order valence-corrected chi connectivity index (χ4v) is 2.71. The van der Waals surface area contributed by atoms with Gasteiger partial charge in [-0.2, -0.15) is 5.10 Å². The lowest BCUT2D eigenvalue weighted by atomic mass is 10.0. The van der Waals surface area contributed by atoms with Crippen molar-refractivity contribution < 1.29 is 17.6 Å². The zero-order valence-corrected chi connectivity index (χ0v) is 15.6. The molecule has 0 radical (unpaired) electrons. The molecule has 4 rings (SSSR count). The Morgan fingerprint density at radius 3 is 2.24 bits per heavy atom. The summed E-state index contributed by atoms with van der Waals surface area (Å²) in [5, 5.41) is 6.49. The van der Waals surface area contributed by atoms with Gasteiger partial charge in [-0.3, -0.25) is 10.1 Å². The van der Waals surface area contributed by atoms with Gasteiger partial charge < -0.3 is 5.73 Å². The van der Waals surface area contributed by atoms with Gasteiger partial charge in [0.15, 0.2) is 5.82 Å². The van der Waals surface area contributed by atoms with Crippen LogP contribution in [0.5, 0.6) is 0 Å². The molecule has 2 heterocycles. The van der Waals surface area contributed by atoms with Gasteiger partial charge in [-0.1, -0.05) is 0 Å². The summed E-state index contributed by atoms with van der Waals surface area (Å²) in [4.78, 5) is 3.95. The van der Waals surface area contributed by atoms with Crippen LogP contribution in [0.1, 0.15) is 0 Å². The van der Waals surface area contributed by atoms with Gasteiger partial charge >= 0.3 is 0 Å². The second-order valence-electron chi connectivity index (χ2n) is 5.82. The molecule has 4 aromatic rings. The fourth-order valence-electron chi connectivity index (χ4n) is 2.51. The number of benzene rings is 2. The van der Waals surface area contributed by atoms with Crippen molar-refractivity contribution in [1.82, 2.24) is 15.2 Å². The summed E-state index contributed by atoms with van der Waals surface area (Å²) >= 11 is 3.65. The first-order valence-corrected chi connectivity index (χ1v) is 8.65. The van der Waals surface area contributed by atoms with Crippen LogP contribution in [-0.2, 0) is 0 Å². The molecular weight excluding hydrogens is 404 g/mol. The van der Waals surface area contributed by atoms with Crippen molar-refractivity contribution in [3.63, 3.8) is 0 Å². The van der Waals surface area contributed by atoms with E-state index in [1.165, 1.54) is 12.3 Å². The summed E-state index contributed by atoms with van der Waals surface area (Å²) in [6.45, 7) is 0. The monoisotopic (exact) mass is 418 g/mol. The molecule has 148 valence electrons. The Hall–Kier alpha value is -3.33. The van der Waals surface area contributed by atoms with Crippen molar-refractivity contribution in [3.8, 4) is 22.4 Å². The summed E-state index contributed by atoms with van der Waals surface area (Å²) in [6.07, 6.45) is 4.70. The number of nitrogens with zero attached hydrogens (tertiary/aromatic N) is 2. The SMILES string of the molecule is Fc1ccc(F)c(S)c1.Nc1ccc(F)c(-c2[nH]ncc2-c2ccncc2)c1F. The highest BCUT2D eigenvalue weighted by molar-refractivity contribution is 7.80. The predicted molar refractivity (Wildman–Crippen MR) is 105 cm³/mol. The molecule has 0 unspecified atom stereocenters. The number of hydrogen-bond donors (Lipinski definition) is 3. The quantitative estimate of drug-likeness (QED) is 0.237. The van der Waals surface area contributed by atoms with Crippen LogP contribution in [0.15, 0.2) is 66.0 Å². The van der Waals surface area contributed by atoms with Gasteiger partial charge in [0.25, 0.3) is 0 Å². The number of nitrogens with one attached hydrogen (secondary N) is 1. The number of nitrogen functional groups attached to an aromatic ring is 1. The van der Waals surface area contributed by atoms with Crippen LogP contribution in [-0.4, -0.2) is 15.2 Å². The average Bonchev–Trinajstić information content (AvgIpc) is 3.19. The molecule has 2 aromatic heterocycles. The predicted octanol–water partition coefficient (Wildman–Crippen LogP) is 5.25. The smallest absolute Gasteiger partial charge is 0.158 e. The van der Waals surface area contributed by atoms with Crippen LogP contribution in [0.4, 0.5) is 23.2 Å². The first-order valence-electron chi connectivity index (χ1n) is 8.20. The third-order valence-electron chi connectivity index (χ3n) is 3.91. The Kier molecular flexibility index (Phi) is 6.18. The van der Waals surface area contributed by atoms with E-state index in [0.29, 0.717) is 5.56 Å². The number of halogens is 4. The van der Waals surface area contributed by atoms with Gasteiger partial charge in [-0.15, -0.1) is 12.6 Å². The molecule has 0 fully saturated rings. The number of rotatable bonds is 2. The van der Waals surface area contributed by atoms with Crippen molar-refractivity contribution >= 4 is 18.3 Å². The van der Waals surface area contributed by atoms with Gasteiger partial charge in [0.2, 0.25) is 0 Å². The van der Waals surface area contributed by atoms with E-state index in [9.17, 15) is 17.6 Å². The molecule has 29 heavy (non-hydrogen) atoms. The second-order valence-corrected chi connectivity index (χ2v) is 6.30. The van der Waals surface area contributed by atoms with Crippen molar-refractivity contribution in [2.75, 3.05) is 5.73 Å². The largest absolute Gasteiger partial charge is 0.396 e. The number of pyridine rings is 1. The molecule has 0 saturated carbocycles. The Morgan fingerprint density at radius 1 is 0.897 bits per heavy atom. The van der Waals surface area contributed by atoms with E-state index >= 15 is 0 Å². The highest BCUT2D eigenvalue weighted by Crippen LogP contribution is 2.34. The van der Waals surface area contributed by atoms with E-state index in [1.807, 2.05) is 0 Å². The minimum Gasteiger partial charge on any atom is -0.396 e. The molecule has 0 amide bonds. The fraction of sp³-hybridized carbons (Fsp3) is 0. The van der Waals surface area contributed by atoms with E-state index < -0.39 is 23.3 Å². The summed E-state index contributed by atoms with van der Waals surface area (Å²) in [6, 6.07) is 8.90. The number of H-pyrrole nitrogens is 1. The minimum absolute atomic E-state index is 0.0370. The summed E-state index contributed by atoms with van der Waals surface area (Å²) in [5.74, 6) is -2.47. The molecule has 0 aliphatic heterocycles. The number of hydrogen-bond acceptors (Lipinski definition) is 4. The number of anilines is 1. The van der Waals surface area contributed by atoms with Crippen LogP contribution < -0.4 is 5.73 Å². The molecule has 0 aliphatic rings. The Bertz CT molecular complexity index is 1130. The topological polar surface area (TPSA) is 67.6 Å². The maximum absolute atomic E-state index is 14.1. The molecule has 0 aliphatic carbocycles. The zero-order chi connectivity index (χ0) is 21.0. The van der Waals surface area contributed by atoms with Crippen molar-refractivity contribution in [1.29, 1.82) is 0 Å². The van der Waals surface area contributed by atoms with Gasteiger partial charge in [0.05, 0.1) is 23.1 Å². The maximum Gasteiger partial charge on any atom is 0.158 e. The number of aromatic nitrogens is 3. The third-order valence-corrected chi connectivity index (χ3v) is 4.25.